The van der Waals surface area contributed by atoms with Crippen molar-refractivity contribution in [1.82, 2.24) is 25.5 Å². The fraction of sp³-hybridized carbons (Fsp3) is 0.286. The molecule has 0 saturated carbocycles. The van der Waals surface area contributed by atoms with E-state index in [4.69, 9.17) is 14.9 Å². The summed E-state index contributed by atoms with van der Waals surface area (Å²) in [6, 6.07) is 0.851. The molecule has 1 aliphatic rings. The fourth-order valence-electron chi connectivity index (χ4n) is 3.38. The van der Waals surface area contributed by atoms with Gasteiger partial charge in [0.1, 0.15) is 11.5 Å². The second-order valence-corrected chi connectivity index (χ2v) is 7.21. The summed E-state index contributed by atoms with van der Waals surface area (Å²) < 4.78 is 10.9. The van der Waals surface area contributed by atoms with Gasteiger partial charge in [-0.25, -0.2) is 9.78 Å². The number of imide groups is 1. The summed E-state index contributed by atoms with van der Waals surface area (Å²) in [6.45, 7) is 7.36. The standard InChI is InChI=1S/C21H24N6O5/c1-5-14(31-4)7-6-12(2)9-27(11-28)10-21(18(29)25-20(30)26-21)16-8-15-13(3)23-19(22)24-17(15)32-16/h5-8,11H,2,9-10H2,1,3-4H3,(H2,22,23,24)(H2,25,26,29,30)/b7-6-,14-5+/t21-/m0/s1. The molecule has 1 aliphatic heterocycles. The number of nitrogens with zero attached hydrogens (tertiary/aromatic N) is 3. The smallest absolute Gasteiger partial charge is 0.322 e. The normalized spacial score (nSPS) is 18.7. The SMILES string of the molecule is C=C(/C=C\C(=C/C)OC)CN(C=O)C[C@@]1(c2cc3c(C)nc(N)nc3o2)NC(=O)NC1=O. The van der Waals surface area contributed by atoms with Crippen molar-refractivity contribution >= 4 is 35.4 Å². The zero-order valence-electron chi connectivity index (χ0n) is 18.0. The van der Waals surface area contributed by atoms with Crippen LogP contribution in [0, 0.1) is 6.92 Å². The number of hydrogen-bond donors (Lipinski definition) is 3. The lowest BCUT2D eigenvalue weighted by atomic mass is 9.95. The molecule has 0 spiro atoms. The minimum absolute atomic E-state index is 0.0130. The lowest BCUT2D eigenvalue weighted by Gasteiger charge is -2.29. The molecule has 1 fully saturated rings. The maximum Gasteiger partial charge on any atom is 0.322 e. The molecule has 0 unspecified atom stereocenters. The molecule has 1 saturated heterocycles. The van der Waals surface area contributed by atoms with E-state index in [2.05, 4.69) is 27.2 Å². The van der Waals surface area contributed by atoms with Crippen molar-refractivity contribution in [3.05, 3.63) is 53.7 Å². The monoisotopic (exact) mass is 440 g/mol. The number of carbonyl (C=O) groups is 3. The molecule has 2 aromatic heterocycles. The number of aromatic nitrogens is 2. The van der Waals surface area contributed by atoms with Crippen molar-refractivity contribution in [2.45, 2.75) is 19.4 Å². The van der Waals surface area contributed by atoms with E-state index < -0.39 is 17.5 Å². The number of amides is 4. The molecule has 168 valence electrons. The Morgan fingerprint density at radius 3 is 2.72 bits per heavy atom. The van der Waals surface area contributed by atoms with E-state index in [0.29, 0.717) is 28.8 Å². The molecular weight excluding hydrogens is 416 g/mol. The van der Waals surface area contributed by atoms with Gasteiger partial charge in [-0.3, -0.25) is 14.9 Å². The van der Waals surface area contributed by atoms with Gasteiger partial charge in [0.2, 0.25) is 18.1 Å². The number of hydrogen-bond acceptors (Lipinski definition) is 8. The average molecular weight is 440 g/mol. The van der Waals surface area contributed by atoms with Crippen molar-refractivity contribution in [2.24, 2.45) is 0 Å². The van der Waals surface area contributed by atoms with Gasteiger partial charge in [-0.15, -0.1) is 0 Å². The number of anilines is 1. The van der Waals surface area contributed by atoms with Crippen LogP contribution in [0.15, 0.2) is 46.6 Å². The number of methoxy groups -OCH3 is 1. The van der Waals surface area contributed by atoms with Crippen LogP contribution in [0.5, 0.6) is 0 Å². The third kappa shape index (κ3) is 4.31. The number of nitrogens with two attached hydrogens (primary N) is 1. The zero-order chi connectivity index (χ0) is 23.5. The molecule has 4 amide bonds. The number of urea groups is 1. The summed E-state index contributed by atoms with van der Waals surface area (Å²) in [4.78, 5) is 46.1. The van der Waals surface area contributed by atoms with Crippen LogP contribution in [0.25, 0.3) is 11.1 Å². The quantitative estimate of drug-likeness (QED) is 0.228. The van der Waals surface area contributed by atoms with E-state index in [0.717, 1.165) is 0 Å². The molecule has 11 nitrogen and oxygen atoms in total. The first-order valence-corrected chi connectivity index (χ1v) is 9.65. The molecule has 0 bridgehead atoms. The summed E-state index contributed by atoms with van der Waals surface area (Å²) in [5.74, 6) is 0.0749. The molecule has 11 heteroatoms. The first kappa shape index (κ1) is 22.5. The Balaban J connectivity index is 1.93. The van der Waals surface area contributed by atoms with Gasteiger partial charge in [0.15, 0.2) is 5.54 Å². The number of furan rings is 1. The number of ether oxygens (including phenoxy) is 1. The number of fused-ring (bicyclic) bond motifs is 1. The molecule has 32 heavy (non-hydrogen) atoms. The first-order chi connectivity index (χ1) is 15.2. The van der Waals surface area contributed by atoms with Crippen LogP contribution in [0.1, 0.15) is 18.4 Å². The highest BCUT2D eigenvalue weighted by molar-refractivity contribution is 6.07. The summed E-state index contributed by atoms with van der Waals surface area (Å²) in [5, 5.41) is 5.32. The Morgan fingerprint density at radius 2 is 2.12 bits per heavy atom. The van der Waals surface area contributed by atoms with Crippen molar-refractivity contribution in [2.75, 3.05) is 25.9 Å². The topological polar surface area (TPSA) is 153 Å². The Kier molecular flexibility index (Phi) is 6.28. The van der Waals surface area contributed by atoms with Gasteiger partial charge >= 0.3 is 6.03 Å². The van der Waals surface area contributed by atoms with Crippen LogP contribution >= 0.6 is 0 Å². The molecule has 0 aromatic carbocycles. The maximum atomic E-state index is 12.8. The minimum Gasteiger partial charge on any atom is -0.497 e. The number of nitrogens with one attached hydrogen (secondary N) is 2. The van der Waals surface area contributed by atoms with Gasteiger partial charge in [0.05, 0.1) is 24.7 Å². The molecular formula is C21H24N6O5. The molecule has 0 radical (unpaired) electrons. The van der Waals surface area contributed by atoms with Gasteiger partial charge in [-0.2, -0.15) is 4.98 Å². The summed E-state index contributed by atoms with van der Waals surface area (Å²) in [6.07, 6.45) is 5.74. The summed E-state index contributed by atoms with van der Waals surface area (Å²) >= 11 is 0. The highest BCUT2D eigenvalue weighted by atomic mass is 16.5. The van der Waals surface area contributed by atoms with Gasteiger partial charge < -0.3 is 25.1 Å². The summed E-state index contributed by atoms with van der Waals surface area (Å²) in [7, 11) is 1.54. The van der Waals surface area contributed by atoms with Crippen molar-refractivity contribution < 1.29 is 23.5 Å². The molecule has 3 heterocycles. The second-order valence-electron chi connectivity index (χ2n) is 7.21. The van der Waals surface area contributed by atoms with E-state index in [9.17, 15) is 14.4 Å². The van der Waals surface area contributed by atoms with Crippen LogP contribution in [0.2, 0.25) is 0 Å². The lowest BCUT2D eigenvalue weighted by molar-refractivity contribution is -0.127. The number of nitrogen functional groups attached to an aromatic ring is 1. The maximum absolute atomic E-state index is 12.8. The number of carbonyl (C=O) groups excluding carboxylic acids is 3. The third-order valence-corrected chi connectivity index (χ3v) is 4.96. The molecule has 4 N–H and O–H groups in total. The van der Waals surface area contributed by atoms with Crippen molar-refractivity contribution in [3.8, 4) is 0 Å². The Hall–Kier alpha value is -4.15. The largest absolute Gasteiger partial charge is 0.497 e. The van der Waals surface area contributed by atoms with E-state index in [1.54, 1.807) is 38.3 Å². The van der Waals surface area contributed by atoms with E-state index >= 15 is 0 Å². The molecule has 1 atom stereocenters. The molecule has 2 aromatic rings. The van der Waals surface area contributed by atoms with Crippen LogP contribution < -0.4 is 16.4 Å². The van der Waals surface area contributed by atoms with E-state index in [1.165, 1.54) is 4.90 Å². The highest BCUT2D eigenvalue weighted by Gasteiger charge is 2.51. The second kappa shape index (κ2) is 8.92. The van der Waals surface area contributed by atoms with Crippen LogP contribution in [0.3, 0.4) is 0 Å². The fourth-order valence-corrected chi connectivity index (χ4v) is 3.38. The van der Waals surface area contributed by atoms with Gasteiger partial charge in [0.25, 0.3) is 5.91 Å². The van der Waals surface area contributed by atoms with E-state index in [-0.39, 0.29) is 30.5 Å². The lowest BCUT2D eigenvalue weighted by Crippen LogP contribution is -2.52. The Bertz CT molecular complexity index is 1150. The van der Waals surface area contributed by atoms with Crippen LogP contribution in [0.4, 0.5) is 10.7 Å². The van der Waals surface area contributed by atoms with Gasteiger partial charge in [0, 0.05) is 6.54 Å². The number of aryl methyl sites for hydroxylation is 1. The summed E-state index contributed by atoms with van der Waals surface area (Å²) in [5.41, 5.74) is 5.31. The third-order valence-electron chi connectivity index (χ3n) is 4.96. The highest BCUT2D eigenvalue weighted by Crippen LogP contribution is 2.32. The Labute approximate surface area is 184 Å². The van der Waals surface area contributed by atoms with E-state index in [1.807, 2.05) is 6.92 Å². The Morgan fingerprint density at radius 1 is 1.38 bits per heavy atom. The van der Waals surface area contributed by atoms with Gasteiger partial charge in [-0.1, -0.05) is 12.7 Å². The number of allylic oxidation sites excluding steroid dienone is 2. The zero-order valence-corrected chi connectivity index (χ0v) is 18.0. The first-order valence-electron chi connectivity index (χ1n) is 9.65. The molecule has 0 aliphatic carbocycles. The molecule has 3 rings (SSSR count). The van der Waals surface area contributed by atoms with Crippen molar-refractivity contribution in [1.29, 1.82) is 0 Å². The number of rotatable bonds is 9. The van der Waals surface area contributed by atoms with Gasteiger partial charge in [-0.05, 0) is 37.6 Å². The predicted molar refractivity (Wildman–Crippen MR) is 116 cm³/mol. The van der Waals surface area contributed by atoms with Crippen LogP contribution in [-0.2, 0) is 19.9 Å². The average Bonchev–Trinajstić information content (AvgIpc) is 3.29. The van der Waals surface area contributed by atoms with Crippen LogP contribution in [-0.4, -0.2) is 53.4 Å². The minimum atomic E-state index is -1.66. The van der Waals surface area contributed by atoms with Crippen molar-refractivity contribution in [3.63, 3.8) is 0 Å². The predicted octanol–water partition coefficient (Wildman–Crippen LogP) is 1.27.